The Labute approximate surface area is 234 Å². The zero-order chi connectivity index (χ0) is 28.5. The number of benzene rings is 2. The zero-order valence-electron chi connectivity index (χ0n) is 22.8. The van der Waals surface area contributed by atoms with Gasteiger partial charge in [0.15, 0.2) is 0 Å². The molecule has 41 heavy (non-hydrogen) atoms. The molecule has 0 saturated heterocycles. The maximum Gasteiger partial charge on any atom is 0.264 e. The van der Waals surface area contributed by atoms with E-state index in [4.69, 9.17) is 9.72 Å². The molecule has 11 heteroatoms. The van der Waals surface area contributed by atoms with Gasteiger partial charge in [-0.25, -0.2) is 18.2 Å². The Bertz CT molecular complexity index is 1690. The molecule has 1 N–H and O–H groups in total. The summed E-state index contributed by atoms with van der Waals surface area (Å²) in [7, 11) is 3.36. The lowest BCUT2D eigenvalue weighted by Crippen LogP contribution is -2.51. The second kappa shape index (κ2) is 9.35. The van der Waals surface area contributed by atoms with Gasteiger partial charge < -0.3 is 14.6 Å². The number of aryl methyl sites for hydroxylation is 1. The summed E-state index contributed by atoms with van der Waals surface area (Å²) < 4.78 is 50.9. The number of hydrogen-bond donors (Lipinski definition) is 1. The van der Waals surface area contributed by atoms with Crippen molar-refractivity contribution in [2.24, 2.45) is 7.05 Å². The van der Waals surface area contributed by atoms with Crippen LogP contribution in [0.15, 0.2) is 42.7 Å². The van der Waals surface area contributed by atoms with Crippen molar-refractivity contribution in [3.8, 4) is 0 Å². The Morgan fingerprint density at radius 3 is 2.63 bits per heavy atom. The van der Waals surface area contributed by atoms with Gasteiger partial charge in [-0.1, -0.05) is 0 Å². The fraction of sp³-hybridized carbons (Fsp3) is 0.400. The van der Waals surface area contributed by atoms with E-state index in [1.165, 1.54) is 17.3 Å². The minimum absolute atomic E-state index is 0.198. The Balaban J connectivity index is 1.35. The number of nitrogens with one attached hydrogen (secondary N) is 1. The van der Waals surface area contributed by atoms with Crippen LogP contribution in [0.4, 0.5) is 24.7 Å². The van der Waals surface area contributed by atoms with Gasteiger partial charge in [-0.05, 0) is 60.4 Å². The van der Waals surface area contributed by atoms with E-state index in [2.05, 4.69) is 15.5 Å². The van der Waals surface area contributed by atoms with E-state index in [9.17, 15) is 13.6 Å². The molecular weight excluding hydrogens is 533 g/mol. The van der Waals surface area contributed by atoms with Crippen LogP contribution in [-0.4, -0.2) is 51.8 Å². The molecular formula is C30H29F3N6O2. The molecule has 0 unspecified atom stereocenters. The van der Waals surface area contributed by atoms with Crippen molar-refractivity contribution in [1.82, 2.24) is 25.1 Å². The number of pyridine rings is 1. The van der Waals surface area contributed by atoms with Gasteiger partial charge in [0, 0.05) is 62.5 Å². The molecule has 2 aromatic carbocycles. The van der Waals surface area contributed by atoms with Crippen LogP contribution < -0.4 is 10.2 Å². The van der Waals surface area contributed by atoms with E-state index in [1.807, 2.05) is 6.07 Å². The fourth-order valence-electron chi connectivity index (χ4n) is 6.37. The number of ether oxygens (including phenoxy) is 1. The number of methoxy groups -OCH3 is 1. The van der Waals surface area contributed by atoms with Crippen LogP contribution in [-0.2, 0) is 23.7 Å². The number of nitrogens with zero attached hydrogens (tertiary/aromatic N) is 5. The van der Waals surface area contributed by atoms with Crippen molar-refractivity contribution in [3.05, 3.63) is 76.8 Å². The van der Waals surface area contributed by atoms with Crippen molar-refractivity contribution in [2.75, 3.05) is 25.2 Å². The van der Waals surface area contributed by atoms with E-state index >= 15 is 4.39 Å². The van der Waals surface area contributed by atoms with Crippen molar-refractivity contribution >= 4 is 28.2 Å². The molecule has 1 aliphatic heterocycles. The van der Waals surface area contributed by atoms with Crippen molar-refractivity contribution in [3.63, 3.8) is 0 Å². The van der Waals surface area contributed by atoms with Gasteiger partial charge in [-0.3, -0.25) is 9.69 Å². The fourth-order valence-corrected chi connectivity index (χ4v) is 6.37. The average molecular weight is 563 g/mol. The number of carbonyl (C=O) groups is 1. The first-order valence-corrected chi connectivity index (χ1v) is 13.7. The number of halogens is 3. The number of amides is 1. The van der Waals surface area contributed by atoms with Crippen LogP contribution in [0.3, 0.4) is 0 Å². The Hall–Kier alpha value is -3.83. The smallest absolute Gasteiger partial charge is 0.264 e. The second-order valence-electron chi connectivity index (χ2n) is 11.4. The molecule has 2 aromatic heterocycles. The highest BCUT2D eigenvalue weighted by atomic mass is 19.3. The van der Waals surface area contributed by atoms with Gasteiger partial charge in [-0.15, -0.1) is 10.2 Å². The van der Waals surface area contributed by atoms with Gasteiger partial charge in [0.2, 0.25) is 0 Å². The molecule has 3 heterocycles. The molecule has 0 radical (unpaired) electrons. The molecule has 2 fully saturated rings. The Morgan fingerprint density at radius 2 is 1.95 bits per heavy atom. The molecule has 4 aromatic rings. The highest BCUT2D eigenvalue weighted by Crippen LogP contribution is 2.57. The van der Waals surface area contributed by atoms with E-state index < -0.39 is 30.0 Å². The number of rotatable bonds is 9. The van der Waals surface area contributed by atoms with Gasteiger partial charge >= 0.3 is 0 Å². The number of hydrogen-bond acceptors (Lipinski definition) is 6. The quantitative estimate of drug-likeness (QED) is 0.285. The van der Waals surface area contributed by atoms with Crippen LogP contribution in [0.5, 0.6) is 0 Å². The van der Waals surface area contributed by atoms with Gasteiger partial charge in [0.25, 0.3) is 11.8 Å². The first kappa shape index (κ1) is 26.1. The molecule has 2 saturated carbocycles. The normalized spacial score (nSPS) is 18.8. The monoisotopic (exact) mass is 562 g/mol. The lowest BCUT2D eigenvalue weighted by Gasteiger charge is -2.47. The molecule has 2 aliphatic carbocycles. The molecule has 1 amide bonds. The highest BCUT2D eigenvalue weighted by Gasteiger charge is 2.61. The summed E-state index contributed by atoms with van der Waals surface area (Å²) in [5.41, 5.74) is 2.02. The topological polar surface area (TPSA) is 85.2 Å². The third kappa shape index (κ3) is 4.21. The van der Waals surface area contributed by atoms with E-state index in [-0.39, 0.29) is 11.8 Å². The van der Waals surface area contributed by atoms with Crippen molar-refractivity contribution in [1.29, 1.82) is 0 Å². The zero-order valence-corrected chi connectivity index (χ0v) is 22.8. The number of aromatic nitrogens is 4. The number of anilines is 2. The van der Waals surface area contributed by atoms with Crippen LogP contribution in [0.2, 0.25) is 0 Å². The third-order valence-corrected chi connectivity index (χ3v) is 8.45. The minimum atomic E-state index is -2.84. The summed E-state index contributed by atoms with van der Waals surface area (Å²) in [6.07, 6.45) is 2.58. The standard InChI is InChI=1S/C30H29F3N6O2/c1-38-16-35-37-28(38)29(14-30(32,33)15-29)19-11-23(18-3-4-18)36-25(12-19)39-24-6-5-22(31)20-9-17(13-34-7-8-41-2)10-21(26(20)24)27(39)40/h5-6,9-12,16,18,34H,3-4,7-8,13-15H2,1-2H3. The van der Waals surface area contributed by atoms with Gasteiger partial charge in [0.1, 0.15) is 23.8 Å². The Morgan fingerprint density at radius 1 is 1.15 bits per heavy atom. The molecule has 0 spiro atoms. The summed E-state index contributed by atoms with van der Waals surface area (Å²) in [6, 6.07) is 10.1. The largest absolute Gasteiger partial charge is 0.383 e. The molecule has 8 nitrogen and oxygen atoms in total. The van der Waals surface area contributed by atoms with E-state index in [0.29, 0.717) is 58.9 Å². The molecule has 212 valence electrons. The summed E-state index contributed by atoms with van der Waals surface area (Å²) in [5.74, 6) is -2.60. The average Bonchev–Trinajstić information content (AvgIpc) is 3.64. The molecule has 3 aliphatic rings. The first-order chi connectivity index (χ1) is 19.7. The maximum atomic E-state index is 15.1. The molecule has 0 bridgehead atoms. The van der Waals surface area contributed by atoms with Crippen molar-refractivity contribution < 1.29 is 22.7 Å². The number of alkyl halides is 2. The third-order valence-electron chi connectivity index (χ3n) is 8.45. The SMILES string of the molecule is COCCNCc1cc2c3c(ccc(F)c3c1)N(c1cc(C3(c4nncn4C)CC(F)(F)C3)cc(C3CC3)n1)C2=O. The van der Waals surface area contributed by atoms with Gasteiger partial charge in [0.05, 0.1) is 23.3 Å². The van der Waals surface area contributed by atoms with E-state index in [0.717, 1.165) is 24.1 Å². The van der Waals surface area contributed by atoms with Gasteiger partial charge in [-0.2, -0.15) is 0 Å². The maximum absolute atomic E-state index is 15.1. The van der Waals surface area contributed by atoms with Crippen LogP contribution in [0, 0.1) is 5.82 Å². The summed E-state index contributed by atoms with van der Waals surface area (Å²) in [6.45, 7) is 1.58. The summed E-state index contributed by atoms with van der Waals surface area (Å²) in [5, 5.41) is 12.3. The first-order valence-electron chi connectivity index (χ1n) is 13.7. The highest BCUT2D eigenvalue weighted by molar-refractivity contribution is 6.27. The summed E-state index contributed by atoms with van der Waals surface area (Å²) >= 11 is 0. The van der Waals surface area contributed by atoms with Crippen LogP contribution in [0.25, 0.3) is 10.8 Å². The lowest BCUT2D eigenvalue weighted by atomic mass is 9.61. The number of carbonyl (C=O) groups excluding carboxylic acids is 1. The minimum Gasteiger partial charge on any atom is -0.383 e. The lowest BCUT2D eigenvalue weighted by molar-refractivity contribution is -0.116. The second-order valence-corrected chi connectivity index (χ2v) is 11.4. The summed E-state index contributed by atoms with van der Waals surface area (Å²) in [4.78, 5) is 20.4. The predicted molar refractivity (Wildman–Crippen MR) is 146 cm³/mol. The van der Waals surface area contributed by atoms with E-state index in [1.54, 1.807) is 43.0 Å². The van der Waals surface area contributed by atoms with Crippen LogP contribution >= 0.6 is 0 Å². The Kier molecular flexibility index (Phi) is 5.95. The molecule has 0 atom stereocenters. The van der Waals surface area contributed by atoms with Crippen molar-refractivity contribution in [2.45, 2.75) is 49.5 Å². The molecule has 7 rings (SSSR count). The predicted octanol–water partition coefficient (Wildman–Crippen LogP) is 5.12. The van der Waals surface area contributed by atoms with Crippen LogP contribution in [0.1, 0.15) is 64.6 Å².